The van der Waals surface area contributed by atoms with Gasteiger partial charge in [-0.05, 0) is 25.0 Å². The Morgan fingerprint density at radius 1 is 1.32 bits per heavy atom. The zero-order valence-electron chi connectivity index (χ0n) is 12.7. The first-order valence-electron chi connectivity index (χ1n) is 7.40. The van der Waals surface area contributed by atoms with E-state index in [0.29, 0.717) is 11.4 Å². The lowest BCUT2D eigenvalue weighted by Crippen LogP contribution is -2.36. The molecule has 0 radical (unpaired) electrons. The topological polar surface area (TPSA) is 84.5 Å². The van der Waals surface area contributed by atoms with Gasteiger partial charge in [0.2, 0.25) is 0 Å². The van der Waals surface area contributed by atoms with Crippen molar-refractivity contribution in [1.29, 1.82) is 0 Å². The number of urea groups is 1. The summed E-state index contributed by atoms with van der Waals surface area (Å²) in [5, 5.41) is 5.71. The van der Waals surface area contributed by atoms with Crippen LogP contribution in [0.2, 0.25) is 0 Å². The van der Waals surface area contributed by atoms with Crippen LogP contribution in [0.3, 0.4) is 0 Å². The van der Waals surface area contributed by atoms with Crippen LogP contribution in [0.4, 0.5) is 10.5 Å². The van der Waals surface area contributed by atoms with Gasteiger partial charge in [-0.3, -0.25) is 0 Å². The zero-order valence-corrected chi connectivity index (χ0v) is 13.5. The van der Waals surface area contributed by atoms with E-state index in [0.717, 1.165) is 25.7 Å². The number of carbonyl (C=O) groups is 1. The van der Waals surface area contributed by atoms with Gasteiger partial charge in [-0.25, -0.2) is 13.2 Å². The standard InChI is InChI=1S/C15H22N2O4S/c1-22(19,20)10-9-21-14-8-4-7-13(11-14)17-15(18)16-12-5-2-3-6-12/h4,7-8,11-12H,2-3,5-6,9-10H2,1H3,(H2,16,17,18). The van der Waals surface area contributed by atoms with Crippen LogP contribution in [0.1, 0.15) is 25.7 Å². The average Bonchev–Trinajstić information content (AvgIpc) is 2.90. The maximum atomic E-state index is 11.9. The predicted molar refractivity (Wildman–Crippen MR) is 86.1 cm³/mol. The van der Waals surface area contributed by atoms with Crippen LogP contribution in [-0.4, -0.2) is 39.1 Å². The Hall–Kier alpha value is -1.76. The number of benzene rings is 1. The first-order chi connectivity index (χ1) is 10.4. The summed E-state index contributed by atoms with van der Waals surface area (Å²) in [5.41, 5.74) is 0.618. The number of rotatable bonds is 6. The van der Waals surface area contributed by atoms with Crippen molar-refractivity contribution >= 4 is 21.6 Å². The molecule has 1 aromatic carbocycles. The largest absolute Gasteiger partial charge is 0.492 e. The lowest BCUT2D eigenvalue weighted by molar-refractivity contribution is 0.248. The molecule has 0 aromatic heterocycles. The zero-order chi connectivity index (χ0) is 16.0. The highest BCUT2D eigenvalue weighted by Gasteiger charge is 2.17. The summed E-state index contributed by atoms with van der Waals surface area (Å²) in [6, 6.07) is 6.95. The highest BCUT2D eigenvalue weighted by molar-refractivity contribution is 7.90. The van der Waals surface area contributed by atoms with Gasteiger partial charge >= 0.3 is 6.03 Å². The summed E-state index contributed by atoms with van der Waals surface area (Å²) in [7, 11) is -3.04. The molecule has 0 saturated heterocycles. The Morgan fingerprint density at radius 2 is 2.05 bits per heavy atom. The van der Waals surface area contributed by atoms with Crippen molar-refractivity contribution in [2.75, 3.05) is 23.9 Å². The molecule has 0 aliphatic heterocycles. The van der Waals surface area contributed by atoms with Gasteiger partial charge in [0.25, 0.3) is 0 Å². The summed E-state index contributed by atoms with van der Waals surface area (Å²) in [5.74, 6) is 0.495. The van der Waals surface area contributed by atoms with E-state index >= 15 is 0 Å². The molecule has 6 nitrogen and oxygen atoms in total. The van der Waals surface area contributed by atoms with E-state index in [1.165, 1.54) is 6.26 Å². The van der Waals surface area contributed by atoms with Gasteiger partial charge in [0.1, 0.15) is 12.4 Å². The second kappa shape index (κ2) is 7.49. The first-order valence-corrected chi connectivity index (χ1v) is 9.46. The molecule has 0 spiro atoms. The van der Waals surface area contributed by atoms with Gasteiger partial charge in [-0.2, -0.15) is 0 Å². The molecule has 1 saturated carbocycles. The minimum Gasteiger partial charge on any atom is -0.492 e. The molecular formula is C15H22N2O4S. The summed E-state index contributed by atoms with van der Waals surface area (Å²) in [6.45, 7) is 0.0938. The quantitative estimate of drug-likeness (QED) is 0.839. The van der Waals surface area contributed by atoms with Gasteiger partial charge in [-0.1, -0.05) is 18.9 Å². The molecule has 2 N–H and O–H groups in total. The third kappa shape index (κ3) is 5.93. The Bertz CT molecular complexity index is 610. The predicted octanol–water partition coefficient (Wildman–Crippen LogP) is 2.17. The monoisotopic (exact) mass is 326 g/mol. The highest BCUT2D eigenvalue weighted by Crippen LogP contribution is 2.19. The molecule has 0 unspecified atom stereocenters. The SMILES string of the molecule is CS(=O)(=O)CCOc1cccc(NC(=O)NC2CCCC2)c1. The summed E-state index contributed by atoms with van der Waals surface area (Å²) in [4.78, 5) is 11.9. The summed E-state index contributed by atoms with van der Waals surface area (Å²) >= 11 is 0. The number of amides is 2. The van der Waals surface area contributed by atoms with Gasteiger partial charge in [-0.15, -0.1) is 0 Å². The van der Waals surface area contributed by atoms with Gasteiger partial charge in [0, 0.05) is 24.1 Å². The van der Waals surface area contributed by atoms with Crippen molar-refractivity contribution in [2.24, 2.45) is 0 Å². The highest BCUT2D eigenvalue weighted by atomic mass is 32.2. The van der Waals surface area contributed by atoms with Crippen molar-refractivity contribution in [3.63, 3.8) is 0 Å². The molecule has 0 atom stereocenters. The molecule has 1 aliphatic carbocycles. The van der Waals surface area contributed by atoms with E-state index in [4.69, 9.17) is 4.74 Å². The van der Waals surface area contributed by atoms with Crippen LogP contribution < -0.4 is 15.4 Å². The van der Waals surface area contributed by atoms with Crippen molar-refractivity contribution in [1.82, 2.24) is 5.32 Å². The molecule has 1 aromatic rings. The average molecular weight is 326 g/mol. The van der Waals surface area contributed by atoms with E-state index in [1.807, 2.05) is 0 Å². The fourth-order valence-corrected chi connectivity index (χ4v) is 2.78. The molecule has 22 heavy (non-hydrogen) atoms. The number of carbonyl (C=O) groups excluding carboxylic acids is 1. The number of hydrogen-bond acceptors (Lipinski definition) is 4. The molecule has 1 aliphatic rings. The Morgan fingerprint density at radius 3 is 2.73 bits per heavy atom. The van der Waals surface area contributed by atoms with Crippen molar-refractivity contribution in [2.45, 2.75) is 31.7 Å². The van der Waals surface area contributed by atoms with Crippen LogP contribution in [-0.2, 0) is 9.84 Å². The fraction of sp³-hybridized carbons (Fsp3) is 0.533. The molecule has 7 heteroatoms. The fourth-order valence-electron chi connectivity index (χ4n) is 2.40. The van der Waals surface area contributed by atoms with Crippen LogP contribution in [0.25, 0.3) is 0 Å². The summed E-state index contributed by atoms with van der Waals surface area (Å²) < 4.78 is 27.5. The second-order valence-corrected chi connectivity index (χ2v) is 7.85. The maximum Gasteiger partial charge on any atom is 0.319 e. The van der Waals surface area contributed by atoms with Gasteiger partial charge in [0.15, 0.2) is 9.84 Å². The number of hydrogen-bond donors (Lipinski definition) is 2. The number of nitrogens with one attached hydrogen (secondary N) is 2. The summed E-state index contributed by atoms with van der Waals surface area (Å²) in [6.07, 6.45) is 5.55. The third-order valence-corrected chi connectivity index (χ3v) is 4.41. The normalized spacial score (nSPS) is 15.5. The van der Waals surface area contributed by atoms with Crippen LogP contribution in [0, 0.1) is 0 Å². The molecule has 0 heterocycles. The van der Waals surface area contributed by atoms with E-state index in [9.17, 15) is 13.2 Å². The van der Waals surface area contributed by atoms with Crippen LogP contribution in [0.15, 0.2) is 24.3 Å². The van der Waals surface area contributed by atoms with E-state index in [2.05, 4.69) is 10.6 Å². The molecule has 122 valence electrons. The molecule has 2 amide bonds. The molecule has 0 bridgehead atoms. The van der Waals surface area contributed by atoms with E-state index in [1.54, 1.807) is 24.3 Å². The molecule has 1 fully saturated rings. The van der Waals surface area contributed by atoms with Gasteiger partial charge in [0.05, 0.1) is 5.75 Å². The van der Waals surface area contributed by atoms with Gasteiger partial charge < -0.3 is 15.4 Å². The Balaban J connectivity index is 1.83. The van der Waals surface area contributed by atoms with E-state index < -0.39 is 9.84 Å². The van der Waals surface area contributed by atoms with Crippen molar-refractivity contribution in [3.05, 3.63) is 24.3 Å². The first kappa shape index (κ1) is 16.6. The molecule has 2 rings (SSSR count). The smallest absolute Gasteiger partial charge is 0.319 e. The Kier molecular flexibility index (Phi) is 5.65. The number of anilines is 1. The Labute approximate surface area is 131 Å². The lowest BCUT2D eigenvalue weighted by atomic mass is 10.2. The second-order valence-electron chi connectivity index (χ2n) is 5.59. The van der Waals surface area contributed by atoms with Crippen LogP contribution in [0.5, 0.6) is 5.75 Å². The molecular weight excluding hydrogens is 304 g/mol. The number of ether oxygens (including phenoxy) is 1. The number of sulfone groups is 1. The lowest BCUT2D eigenvalue weighted by Gasteiger charge is -2.13. The van der Waals surface area contributed by atoms with E-state index in [-0.39, 0.29) is 24.4 Å². The maximum absolute atomic E-state index is 11.9. The van der Waals surface area contributed by atoms with Crippen molar-refractivity contribution in [3.8, 4) is 5.75 Å². The van der Waals surface area contributed by atoms with Crippen LogP contribution >= 0.6 is 0 Å². The minimum absolute atomic E-state index is 0.0349. The van der Waals surface area contributed by atoms with Crippen molar-refractivity contribution < 1.29 is 17.9 Å². The third-order valence-electron chi connectivity index (χ3n) is 3.51. The minimum atomic E-state index is -3.04.